The number of fused-ring (bicyclic) bond motifs is 1. The van der Waals surface area contributed by atoms with Crippen LogP contribution in [0.15, 0.2) is 51.3 Å². The van der Waals surface area contributed by atoms with Crippen LogP contribution in [0.4, 0.5) is 13.2 Å². The molecule has 0 amide bonds. The smallest absolute Gasteiger partial charge is 0.416 e. The van der Waals surface area contributed by atoms with Gasteiger partial charge in [0.15, 0.2) is 15.7 Å². The highest BCUT2D eigenvalue weighted by molar-refractivity contribution is 7.91. The normalized spacial score (nSPS) is 12.9. The molecule has 0 bridgehead atoms. The van der Waals surface area contributed by atoms with E-state index >= 15 is 0 Å². The summed E-state index contributed by atoms with van der Waals surface area (Å²) in [5, 5.41) is 3.83. The van der Waals surface area contributed by atoms with Gasteiger partial charge in [-0.3, -0.25) is 9.79 Å². The number of hydrogen-bond donors (Lipinski definition) is 0. The summed E-state index contributed by atoms with van der Waals surface area (Å²) >= 11 is 0. The summed E-state index contributed by atoms with van der Waals surface area (Å²) in [7, 11) is -2.32. The fraction of sp³-hybridized carbons (Fsp3) is 0.300. The first-order valence-corrected chi connectivity index (χ1v) is 11.0. The van der Waals surface area contributed by atoms with Crippen LogP contribution in [0.2, 0.25) is 0 Å². The third kappa shape index (κ3) is 4.64. The molecule has 170 valence electrons. The number of sulfone groups is 1. The van der Waals surface area contributed by atoms with E-state index in [-0.39, 0.29) is 39.6 Å². The van der Waals surface area contributed by atoms with Crippen molar-refractivity contribution in [2.75, 3.05) is 19.4 Å². The Hall–Kier alpha value is -3.28. The molecule has 0 saturated carbocycles. The van der Waals surface area contributed by atoms with Crippen LogP contribution in [0.25, 0.3) is 16.6 Å². The Kier molecular flexibility index (Phi) is 6.35. The van der Waals surface area contributed by atoms with E-state index < -0.39 is 27.1 Å². The fourth-order valence-electron chi connectivity index (χ4n) is 2.76. The number of aromatic nitrogens is 3. The number of alkyl halides is 3. The van der Waals surface area contributed by atoms with Crippen LogP contribution in [0.3, 0.4) is 0 Å². The third-order valence-electron chi connectivity index (χ3n) is 4.67. The number of halogens is 3. The molecule has 0 aliphatic rings. The van der Waals surface area contributed by atoms with Gasteiger partial charge in [0.1, 0.15) is 17.3 Å². The maximum atomic E-state index is 13.1. The Morgan fingerprint density at radius 3 is 2.56 bits per heavy atom. The highest BCUT2D eigenvalue weighted by Crippen LogP contribution is 2.31. The standard InChI is InChI=1S/C20H19F3N4O4S/c1-4-32(29,30)17-8-15(31-11-12(2)24-3)10-25-18(17)27-19(28)16-7-14(20(21,22)23)6-5-13(16)9-26-27/h5-10H,4,11H2,1-3H3/b24-12+. The van der Waals surface area contributed by atoms with Gasteiger partial charge in [0.2, 0.25) is 0 Å². The molecule has 0 radical (unpaired) electrons. The molecule has 0 spiro atoms. The van der Waals surface area contributed by atoms with Crippen LogP contribution in [0, 0.1) is 0 Å². The number of rotatable bonds is 6. The van der Waals surface area contributed by atoms with Crippen LogP contribution >= 0.6 is 0 Å². The Morgan fingerprint density at radius 2 is 1.94 bits per heavy atom. The van der Waals surface area contributed by atoms with Crippen molar-refractivity contribution in [2.24, 2.45) is 4.99 Å². The van der Waals surface area contributed by atoms with E-state index in [9.17, 15) is 26.4 Å². The number of benzene rings is 1. The van der Waals surface area contributed by atoms with Crippen molar-refractivity contribution in [3.05, 3.63) is 52.6 Å². The molecule has 0 fully saturated rings. The summed E-state index contributed by atoms with van der Waals surface area (Å²) in [4.78, 5) is 20.6. The second kappa shape index (κ2) is 8.69. The Bertz CT molecular complexity index is 1370. The molecule has 0 aliphatic heterocycles. The van der Waals surface area contributed by atoms with Crippen LogP contribution in [0.5, 0.6) is 5.75 Å². The Morgan fingerprint density at radius 1 is 1.22 bits per heavy atom. The number of aliphatic imine (C=N–C) groups is 1. The minimum atomic E-state index is -4.65. The molecule has 12 heteroatoms. The van der Waals surface area contributed by atoms with Crippen molar-refractivity contribution >= 4 is 26.3 Å². The lowest BCUT2D eigenvalue weighted by Gasteiger charge is -2.13. The van der Waals surface area contributed by atoms with Crippen LogP contribution in [-0.4, -0.2) is 48.3 Å². The van der Waals surface area contributed by atoms with Gasteiger partial charge in [0.25, 0.3) is 5.56 Å². The molecular formula is C20H19F3N4O4S. The zero-order valence-corrected chi connectivity index (χ0v) is 18.2. The van der Waals surface area contributed by atoms with Gasteiger partial charge >= 0.3 is 6.18 Å². The lowest BCUT2D eigenvalue weighted by Crippen LogP contribution is -2.25. The molecule has 0 N–H and O–H groups in total. The molecule has 0 atom stereocenters. The maximum Gasteiger partial charge on any atom is 0.416 e. The first kappa shape index (κ1) is 23.4. The van der Waals surface area contributed by atoms with Gasteiger partial charge in [-0.15, -0.1) is 0 Å². The third-order valence-corrected chi connectivity index (χ3v) is 6.40. The summed E-state index contributed by atoms with van der Waals surface area (Å²) in [5.41, 5.74) is -1.29. The fourth-order valence-corrected chi connectivity index (χ4v) is 3.79. The number of ether oxygens (including phenoxy) is 1. The van der Waals surface area contributed by atoms with Gasteiger partial charge in [-0.05, 0) is 19.1 Å². The zero-order chi connectivity index (χ0) is 23.7. The second-order valence-electron chi connectivity index (χ2n) is 6.81. The molecule has 0 unspecified atom stereocenters. The molecule has 3 rings (SSSR count). The molecule has 1 aromatic carbocycles. The molecule has 0 saturated heterocycles. The predicted octanol–water partition coefficient (Wildman–Crippen LogP) is 3.06. The van der Waals surface area contributed by atoms with E-state index in [0.29, 0.717) is 16.5 Å². The van der Waals surface area contributed by atoms with E-state index in [1.165, 1.54) is 25.4 Å². The number of pyridine rings is 1. The van der Waals surface area contributed by atoms with Crippen molar-refractivity contribution in [3.8, 4) is 11.6 Å². The van der Waals surface area contributed by atoms with Crippen LogP contribution in [-0.2, 0) is 16.0 Å². The maximum absolute atomic E-state index is 13.1. The van der Waals surface area contributed by atoms with Gasteiger partial charge in [0, 0.05) is 24.2 Å². The van der Waals surface area contributed by atoms with E-state index in [2.05, 4.69) is 15.1 Å². The molecule has 32 heavy (non-hydrogen) atoms. The first-order valence-electron chi connectivity index (χ1n) is 9.35. The minimum Gasteiger partial charge on any atom is -0.486 e. The highest BCUT2D eigenvalue weighted by Gasteiger charge is 2.31. The van der Waals surface area contributed by atoms with E-state index in [1.54, 1.807) is 14.0 Å². The monoisotopic (exact) mass is 468 g/mol. The molecule has 2 heterocycles. The molecular weight excluding hydrogens is 449 g/mol. The largest absolute Gasteiger partial charge is 0.486 e. The Labute approximate surface area is 181 Å². The van der Waals surface area contributed by atoms with Crippen LogP contribution < -0.4 is 10.3 Å². The van der Waals surface area contributed by atoms with Crippen molar-refractivity contribution < 1.29 is 26.3 Å². The lowest BCUT2D eigenvalue weighted by molar-refractivity contribution is -0.137. The van der Waals surface area contributed by atoms with E-state index in [1.807, 2.05) is 0 Å². The van der Waals surface area contributed by atoms with Crippen molar-refractivity contribution in [2.45, 2.75) is 24.9 Å². The quantitative estimate of drug-likeness (QED) is 0.515. The summed E-state index contributed by atoms with van der Waals surface area (Å²) in [6.07, 6.45) is -2.27. The Balaban J connectivity index is 2.21. The predicted molar refractivity (Wildman–Crippen MR) is 112 cm³/mol. The van der Waals surface area contributed by atoms with Gasteiger partial charge in [-0.2, -0.15) is 23.0 Å². The number of hydrogen-bond acceptors (Lipinski definition) is 7. The van der Waals surface area contributed by atoms with Gasteiger partial charge in [-0.1, -0.05) is 13.0 Å². The topological polar surface area (TPSA) is 104 Å². The van der Waals surface area contributed by atoms with Crippen molar-refractivity contribution in [3.63, 3.8) is 0 Å². The lowest BCUT2D eigenvalue weighted by atomic mass is 10.1. The van der Waals surface area contributed by atoms with Crippen molar-refractivity contribution in [1.29, 1.82) is 0 Å². The van der Waals surface area contributed by atoms with Crippen molar-refractivity contribution in [1.82, 2.24) is 14.8 Å². The average Bonchev–Trinajstić information content (AvgIpc) is 2.77. The SMILES string of the molecule is CCS(=O)(=O)c1cc(OC/C(C)=N/C)cnc1-n1ncc2ccc(C(F)(F)F)cc2c1=O. The van der Waals surface area contributed by atoms with Gasteiger partial charge in [0.05, 0.1) is 29.1 Å². The summed E-state index contributed by atoms with van der Waals surface area (Å²) < 4.78 is 70.8. The molecule has 2 aromatic heterocycles. The zero-order valence-electron chi connectivity index (χ0n) is 17.3. The van der Waals surface area contributed by atoms with Crippen LogP contribution in [0.1, 0.15) is 19.4 Å². The molecule has 0 aliphatic carbocycles. The first-order chi connectivity index (χ1) is 15.0. The molecule has 3 aromatic rings. The molecule has 8 nitrogen and oxygen atoms in total. The average molecular weight is 468 g/mol. The second-order valence-corrected chi connectivity index (χ2v) is 9.05. The van der Waals surface area contributed by atoms with E-state index in [4.69, 9.17) is 4.74 Å². The minimum absolute atomic E-state index is 0.0948. The summed E-state index contributed by atoms with van der Waals surface area (Å²) in [6, 6.07) is 3.87. The number of nitrogens with zero attached hydrogens (tertiary/aromatic N) is 4. The van der Waals surface area contributed by atoms with Gasteiger partial charge in [-0.25, -0.2) is 13.4 Å². The van der Waals surface area contributed by atoms with E-state index in [0.717, 1.165) is 12.1 Å². The highest BCUT2D eigenvalue weighted by atomic mass is 32.2. The van der Waals surface area contributed by atoms with Gasteiger partial charge < -0.3 is 4.74 Å². The summed E-state index contributed by atoms with van der Waals surface area (Å²) in [6.45, 7) is 3.23. The summed E-state index contributed by atoms with van der Waals surface area (Å²) in [5.74, 6) is -0.512.